The molecule has 36 heavy (non-hydrogen) atoms. The van der Waals surface area contributed by atoms with Gasteiger partial charge in [0.05, 0.1) is 6.42 Å². The third-order valence-electron chi connectivity index (χ3n) is 6.83. The van der Waals surface area contributed by atoms with Crippen LogP contribution in [0.3, 0.4) is 0 Å². The van der Waals surface area contributed by atoms with Gasteiger partial charge in [0, 0.05) is 31.5 Å². The maximum atomic E-state index is 13.5. The van der Waals surface area contributed by atoms with Crippen LogP contribution in [0.25, 0.3) is 0 Å². The van der Waals surface area contributed by atoms with Crippen LogP contribution < -0.4 is 4.74 Å². The third-order valence-corrected chi connectivity index (χ3v) is 6.83. The highest BCUT2D eigenvalue weighted by Crippen LogP contribution is 2.38. The highest BCUT2D eigenvalue weighted by atomic mass is 16.5. The van der Waals surface area contributed by atoms with Crippen LogP contribution in [-0.4, -0.2) is 34.0 Å². The van der Waals surface area contributed by atoms with Gasteiger partial charge < -0.3 is 14.7 Å². The number of fused-ring (bicyclic) bond motifs is 1. The van der Waals surface area contributed by atoms with E-state index in [0.29, 0.717) is 24.4 Å². The number of amides is 1. The smallest absolute Gasteiger partial charge is 0.305 e. The predicted octanol–water partition coefficient (Wildman–Crippen LogP) is 6.17. The number of carboxylic acid groups (broad SMARTS) is 1. The van der Waals surface area contributed by atoms with E-state index in [4.69, 9.17) is 4.74 Å². The van der Waals surface area contributed by atoms with Gasteiger partial charge in [0.15, 0.2) is 0 Å². The molecule has 3 aromatic rings. The molecule has 0 aromatic heterocycles. The van der Waals surface area contributed by atoms with Gasteiger partial charge in [0.25, 0.3) is 5.91 Å². The van der Waals surface area contributed by atoms with Crippen molar-refractivity contribution in [3.63, 3.8) is 0 Å². The lowest BCUT2D eigenvalue weighted by Gasteiger charge is -2.24. The van der Waals surface area contributed by atoms with E-state index in [2.05, 4.69) is 45.0 Å². The summed E-state index contributed by atoms with van der Waals surface area (Å²) < 4.78 is 6.35. The van der Waals surface area contributed by atoms with Crippen molar-refractivity contribution in [1.29, 1.82) is 0 Å². The Morgan fingerprint density at radius 2 is 1.67 bits per heavy atom. The van der Waals surface area contributed by atoms with Crippen LogP contribution in [0.15, 0.2) is 66.7 Å². The Kier molecular flexibility index (Phi) is 7.48. The molecule has 0 bridgehead atoms. The molecule has 0 fully saturated rings. The first-order chi connectivity index (χ1) is 17.1. The molecular weight excluding hydrogens is 450 g/mol. The zero-order chi connectivity index (χ0) is 25.9. The van der Waals surface area contributed by atoms with Crippen LogP contribution in [-0.2, 0) is 24.2 Å². The topological polar surface area (TPSA) is 66.8 Å². The Balaban J connectivity index is 1.49. The number of benzene rings is 3. The van der Waals surface area contributed by atoms with E-state index >= 15 is 0 Å². The van der Waals surface area contributed by atoms with Crippen molar-refractivity contribution in [1.82, 2.24) is 4.90 Å². The minimum atomic E-state index is -0.920. The van der Waals surface area contributed by atoms with Crippen LogP contribution in [0, 0.1) is 6.92 Å². The van der Waals surface area contributed by atoms with E-state index in [9.17, 15) is 14.7 Å². The number of aryl methyl sites for hydroxylation is 1. The summed E-state index contributed by atoms with van der Waals surface area (Å²) in [4.78, 5) is 26.3. The molecule has 0 saturated carbocycles. The number of hydrogen-bond acceptors (Lipinski definition) is 3. The number of ether oxygens (including phenoxy) is 1. The first kappa shape index (κ1) is 25.5. The first-order valence-corrected chi connectivity index (χ1v) is 12.6. The van der Waals surface area contributed by atoms with E-state index in [0.717, 1.165) is 28.9 Å². The highest BCUT2D eigenvalue weighted by molar-refractivity contribution is 5.95. The molecule has 5 heteroatoms. The minimum Gasteiger partial charge on any atom is -0.487 e. The summed E-state index contributed by atoms with van der Waals surface area (Å²) in [6.45, 7) is 9.02. The summed E-state index contributed by atoms with van der Waals surface area (Å²) in [6, 6.07) is 22.2. The summed E-state index contributed by atoms with van der Waals surface area (Å²) in [7, 11) is 0. The lowest BCUT2D eigenvalue weighted by molar-refractivity contribution is -0.137. The third kappa shape index (κ3) is 6.14. The largest absolute Gasteiger partial charge is 0.487 e. The molecule has 0 spiro atoms. The van der Waals surface area contributed by atoms with Crippen LogP contribution in [0.4, 0.5) is 0 Å². The first-order valence-electron chi connectivity index (χ1n) is 12.6. The average molecular weight is 486 g/mol. The van der Waals surface area contributed by atoms with Gasteiger partial charge in [-0.15, -0.1) is 0 Å². The zero-order valence-corrected chi connectivity index (χ0v) is 21.6. The molecule has 1 unspecified atom stereocenters. The highest BCUT2D eigenvalue weighted by Gasteiger charge is 2.35. The van der Waals surface area contributed by atoms with E-state index in [-0.39, 0.29) is 24.5 Å². The van der Waals surface area contributed by atoms with E-state index in [1.54, 1.807) is 11.0 Å². The van der Waals surface area contributed by atoms with Crippen molar-refractivity contribution in [2.45, 2.75) is 65.0 Å². The molecule has 1 amide bonds. The van der Waals surface area contributed by atoms with Gasteiger partial charge in [-0.3, -0.25) is 9.59 Å². The molecule has 1 heterocycles. The van der Waals surface area contributed by atoms with Crippen molar-refractivity contribution >= 4 is 11.9 Å². The SMILES string of the molecule is Cc1ccc(CN(CCC(=O)O)C(=O)c2ccc3c(c2)CC(C)(Cc2ccc(C(C)C)cc2)O3)cc1. The van der Waals surface area contributed by atoms with Gasteiger partial charge >= 0.3 is 5.97 Å². The summed E-state index contributed by atoms with van der Waals surface area (Å²) in [5.41, 5.74) is 5.84. The summed E-state index contributed by atoms with van der Waals surface area (Å²) in [6.07, 6.45) is 1.39. The zero-order valence-electron chi connectivity index (χ0n) is 21.6. The fourth-order valence-electron chi connectivity index (χ4n) is 4.78. The second kappa shape index (κ2) is 10.6. The lowest BCUT2D eigenvalue weighted by atomic mass is 9.90. The Labute approximate surface area is 213 Å². The Morgan fingerprint density at radius 1 is 1.00 bits per heavy atom. The number of aliphatic carboxylic acids is 1. The molecule has 0 radical (unpaired) electrons. The minimum absolute atomic E-state index is 0.0979. The van der Waals surface area contributed by atoms with E-state index in [1.165, 1.54) is 11.1 Å². The van der Waals surface area contributed by atoms with Crippen molar-refractivity contribution in [3.8, 4) is 5.75 Å². The molecule has 1 aliphatic rings. The number of rotatable bonds is 9. The molecule has 188 valence electrons. The van der Waals surface area contributed by atoms with Gasteiger partial charge in [0.1, 0.15) is 11.4 Å². The number of hydrogen-bond donors (Lipinski definition) is 1. The Morgan fingerprint density at radius 3 is 2.31 bits per heavy atom. The number of carbonyl (C=O) groups excluding carboxylic acids is 1. The monoisotopic (exact) mass is 485 g/mol. The summed E-state index contributed by atoms with van der Waals surface area (Å²) in [5.74, 6) is 0.218. The van der Waals surface area contributed by atoms with Crippen molar-refractivity contribution in [2.24, 2.45) is 0 Å². The van der Waals surface area contributed by atoms with Gasteiger partial charge in [-0.2, -0.15) is 0 Å². The van der Waals surface area contributed by atoms with E-state index in [1.807, 2.05) is 43.3 Å². The van der Waals surface area contributed by atoms with Crippen molar-refractivity contribution in [2.75, 3.05) is 6.54 Å². The summed E-state index contributed by atoms with van der Waals surface area (Å²) >= 11 is 0. The molecular formula is C31H35NO4. The maximum Gasteiger partial charge on any atom is 0.305 e. The maximum absolute atomic E-state index is 13.5. The van der Waals surface area contributed by atoms with Crippen LogP contribution in [0.2, 0.25) is 0 Å². The number of nitrogens with zero attached hydrogens (tertiary/aromatic N) is 1. The molecule has 3 aromatic carbocycles. The van der Waals surface area contributed by atoms with Gasteiger partial charge in [0.2, 0.25) is 0 Å². The normalized spacial score (nSPS) is 16.5. The molecule has 0 aliphatic carbocycles. The second-order valence-corrected chi connectivity index (χ2v) is 10.5. The Hall–Kier alpha value is -3.60. The van der Waals surface area contributed by atoms with Crippen LogP contribution >= 0.6 is 0 Å². The van der Waals surface area contributed by atoms with E-state index < -0.39 is 5.97 Å². The Bertz CT molecular complexity index is 1230. The molecule has 0 saturated heterocycles. The predicted molar refractivity (Wildman–Crippen MR) is 142 cm³/mol. The quantitative estimate of drug-likeness (QED) is 0.393. The molecule has 4 rings (SSSR count). The van der Waals surface area contributed by atoms with Crippen LogP contribution in [0.1, 0.15) is 71.3 Å². The lowest BCUT2D eigenvalue weighted by Crippen LogP contribution is -2.33. The fraction of sp³-hybridized carbons (Fsp3) is 0.355. The van der Waals surface area contributed by atoms with Gasteiger partial charge in [-0.05, 0) is 60.2 Å². The van der Waals surface area contributed by atoms with Gasteiger partial charge in [-0.1, -0.05) is 67.9 Å². The standard InChI is InChI=1S/C31H35NO4/c1-21(2)25-11-9-23(10-12-25)18-31(4)19-27-17-26(13-14-28(27)36-31)30(35)32(16-15-29(33)34)20-24-7-5-22(3)6-8-24/h5-14,17,21H,15-16,18-20H2,1-4H3,(H,33,34). The van der Waals surface area contributed by atoms with Crippen molar-refractivity contribution < 1.29 is 19.4 Å². The number of carbonyl (C=O) groups is 2. The molecule has 1 atom stereocenters. The molecule has 5 nitrogen and oxygen atoms in total. The van der Waals surface area contributed by atoms with Crippen LogP contribution in [0.5, 0.6) is 5.75 Å². The molecule has 1 N–H and O–H groups in total. The summed E-state index contributed by atoms with van der Waals surface area (Å²) in [5, 5.41) is 9.21. The van der Waals surface area contributed by atoms with Crippen molar-refractivity contribution in [3.05, 3.63) is 100 Å². The second-order valence-electron chi connectivity index (χ2n) is 10.5. The fourth-order valence-corrected chi connectivity index (χ4v) is 4.78. The average Bonchev–Trinajstić information content (AvgIpc) is 3.17. The number of carboxylic acids is 1. The molecule has 1 aliphatic heterocycles. The van der Waals surface area contributed by atoms with Gasteiger partial charge in [-0.25, -0.2) is 0 Å².